The van der Waals surface area contributed by atoms with Crippen molar-refractivity contribution < 1.29 is 19.0 Å². The summed E-state index contributed by atoms with van der Waals surface area (Å²) in [6.07, 6.45) is 2.47. The summed E-state index contributed by atoms with van der Waals surface area (Å²) in [7, 11) is 3.18. The molecule has 4 rings (SSSR count). The van der Waals surface area contributed by atoms with Crippen molar-refractivity contribution in [3.05, 3.63) is 84.6 Å². The highest BCUT2D eigenvalue weighted by Gasteiger charge is 2.13. The molecule has 0 radical (unpaired) electrons. The highest BCUT2D eigenvalue weighted by atomic mass is 16.5. The van der Waals surface area contributed by atoms with Crippen LogP contribution in [0.25, 0.3) is 10.9 Å². The number of carbonyl (C=O) groups excluding carboxylic acids is 1. The lowest BCUT2D eigenvalue weighted by atomic mass is 10.1. The number of nitrogens with zero attached hydrogens (tertiary/aromatic N) is 1. The molecule has 0 fully saturated rings. The smallest absolute Gasteiger partial charge is 0.319 e. The fraction of sp³-hybridized carbons (Fsp3) is 0.185. The van der Waals surface area contributed by atoms with Crippen molar-refractivity contribution in [3.63, 3.8) is 0 Å². The second-order valence-electron chi connectivity index (χ2n) is 7.63. The van der Waals surface area contributed by atoms with Crippen molar-refractivity contribution in [1.82, 2.24) is 10.3 Å². The number of amides is 2. The monoisotopic (exact) mass is 457 g/mol. The average molecular weight is 458 g/mol. The van der Waals surface area contributed by atoms with E-state index in [4.69, 9.17) is 14.2 Å². The lowest BCUT2D eigenvalue weighted by Crippen LogP contribution is -2.32. The molecule has 0 spiro atoms. The van der Waals surface area contributed by atoms with Gasteiger partial charge in [-0.3, -0.25) is 4.98 Å². The van der Waals surface area contributed by atoms with Crippen molar-refractivity contribution in [1.29, 1.82) is 0 Å². The van der Waals surface area contributed by atoms with E-state index in [0.717, 1.165) is 22.9 Å². The van der Waals surface area contributed by atoms with Gasteiger partial charge in [0, 0.05) is 23.3 Å². The minimum atomic E-state index is -0.259. The van der Waals surface area contributed by atoms with Gasteiger partial charge in [-0.15, -0.1) is 0 Å². The molecule has 7 nitrogen and oxygen atoms in total. The molecular formula is C27H27N3O4. The molecule has 0 saturated carbocycles. The molecule has 7 heteroatoms. The summed E-state index contributed by atoms with van der Waals surface area (Å²) in [5.41, 5.74) is 2.47. The van der Waals surface area contributed by atoms with Crippen LogP contribution < -0.4 is 24.8 Å². The molecule has 1 unspecified atom stereocenters. The van der Waals surface area contributed by atoms with Crippen LogP contribution in [0.5, 0.6) is 23.0 Å². The zero-order valence-electron chi connectivity index (χ0n) is 19.4. The van der Waals surface area contributed by atoms with Crippen molar-refractivity contribution in [2.24, 2.45) is 0 Å². The first-order valence-corrected chi connectivity index (χ1v) is 11.0. The van der Waals surface area contributed by atoms with Crippen LogP contribution in [0.4, 0.5) is 10.5 Å². The number of methoxy groups -OCH3 is 2. The standard InChI is InChI=1S/C27H27N3O4/c1-4-22(18-8-6-5-7-9-18)30-27(31)29-19-10-12-20(13-11-19)34-24-14-15-28-23-17-26(33-3)25(32-2)16-21(23)24/h5-17,22H,4H2,1-3H3,(H2,29,30,31). The maximum absolute atomic E-state index is 12.5. The first-order valence-electron chi connectivity index (χ1n) is 11.0. The first kappa shape index (κ1) is 22.9. The maximum Gasteiger partial charge on any atom is 0.319 e. The van der Waals surface area contributed by atoms with Crippen LogP contribution in [0.2, 0.25) is 0 Å². The van der Waals surface area contributed by atoms with Crippen molar-refractivity contribution in [3.8, 4) is 23.0 Å². The number of rotatable bonds is 8. The number of aromatic nitrogens is 1. The summed E-state index contributed by atoms with van der Waals surface area (Å²) in [5, 5.41) is 6.69. The topological polar surface area (TPSA) is 81.7 Å². The minimum absolute atomic E-state index is 0.0561. The molecule has 1 aromatic heterocycles. The second-order valence-corrected chi connectivity index (χ2v) is 7.63. The van der Waals surface area contributed by atoms with Crippen LogP contribution in [0.3, 0.4) is 0 Å². The Balaban J connectivity index is 1.45. The SMILES string of the molecule is CCC(NC(=O)Nc1ccc(Oc2ccnc3cc(OC)c(OC)cc23)cc1)c1ccccc1. The van der Waals surface area contributed by atoms with Gasteiger partial charge < -0.3 is 24.8 Å². The molecule has 2 N–H and O–H groups in total. The Bertz CT molecular complexity index is 1260. The van der Waals surface area contributed by atoms with Crippen LogP contribution in [0, 0.1) is 0 Å². The highest BCUT2D eigenvalue weighted by molar-refractivity contribution is 5.90. The van der Waals surface area contributed by atoms with Gasteiger partial charge in [-0.2, -0.15) is 0 Å². The molecule has 4 aromatic rings. The number of hydrogen-bond acceptors (Lipinski definition) is 5. The lowest BCUT2D eigenvalue weighted by molar-refractivity contribution is 0.248. The zero-order valence-corrected chi connectivity index (χ0v) is 19.4. The fourth-order valence-electron chi connectivity index (χ4n) is 3.70. The number of carbonyl (C=O) groups is 1. The van der Waals surface area contributed by atoms with Gasteiger partial charge in [-0.05, 0) is 48.4 Å². The fourth-order valence-corrected chi connectivity index (χ4v) is 3.70. The van der Waals surface area contributed by atoms with E-state index in [1.807, 2.05) is 49.4 Å². The number of anilines is 1. The van der Waals surface area contributed by atoms with Gasteiger partial charge in [0.05, 0.1) is 25.8 Å². The average Bonchev–Trinajstić information content (AvgIpc) is 2.88. The van der Waals surface area contributed by atoms with Gasteiger partial charge in [0.15, 0.2) is 11.5 Å². The van der Waals surface area contributed by atoms with Gasteiger partial charge in [0.1, 0.15) is 11.5 Å². The van der Waals surface area contributed by atoms with Crippen LogP contribution >= 0.6 is 0 Å². The molecular weight excluding hydrogens is 430 g/mol. The number of nitrogens with one attached hydrogen (secondary N) is 2. The molecule has 3 aromatic carbocycles. The number of urea groups is 1. The van der Waals surface area contributed by atoms with E-state index in [1.165, 1.54) is 0 Å². The summed E-state index contributed by atoms with van der Waals surface area (Å²) in [6.45, 7) is 2.04. The lowest BCUT2D eigenvalue weighted by Gasteiger charge is -2.18. The molecule has 0 bridgehead atoms. The molecule has 0 aliphatic rings. The van der Waals surface area contributed by atoms with E-state index >= 15 is 0 Å². The maximum atomic E-state index is 12.5. The quantitative estimate of drug-likeness (QED) is 0.324. The Kier molecular flexibility index (Phi) is 7.13. The Morgan fingerprint density at radius 2 is 1.62 bits per heavy atom. The van der Waals surface area contributed by atoms with Crippen molar-refractivity contribution >= 4 is 22.6 Å². The Morgan fingerprint density at radius 1 is 0.912 bits per heavy atom. The summed E-state index contributed by atoms with van der Waals surface area (Å²) in [6, 6.07) is 22.2. The number of pyridine rings is 1. The molecule has 34 heavy (non-hydrogen) atoms. The van der Waals surface area contributed by atoms with Gasteiger partial charge in [-0.1, -0.05) is 37.3 Å². The molecule has 0 saturated heterocycles. The first-order chi connectivity index (χ1) is 16.6. The summed E-state index contributed by atoms with van der Waals surface area (Å²) < 4.78 is 16.9. The highest BCUT2D eigenvalue weighted by Crippen LogP contribution is 2.37. The predicted octanol–water partition coefficient (Wildman–Crippen LogP) is 6.32. The van der Waals surface area contributed by atoms with Gasteiger partial charge in [-0.25, -0.2) is 4.79 Å². The largest absolute Gasteiger partial charge is 0.493 e. The Labute approximate surface area is 198 Å². The molecule has 1 heterocycles. The number of hydrogen-bond donors (Lipinski definition) is 2. The summed E-state index contributed by atoms with van der Waals surface area (Å²) >= 11 is 0. The molecule has 2 amide bonds. The minimum Gasteiger partial charge on any atom is -0.493 e. The number of ether oxygens (including phenoxy) is 3. The van der Waals surface area contributed by atoms with Crippen molar-refractivity contribution in [2.75, 3.05) is 19.5 Å². The summed E-state index contributed by atoms with van der Waals surface area (Å²) in [4.78, 5) is 16.9. The third kappa shape index (κ3) is 5.20. The zero-order chi connectivity index (χ0) is 23.9. The second kappa shape index (κ2) is 10.6. The molecule has 174 valence electrons. The number of fused-ring (bicyclic) bond motifs is 1. The normalized spacial score (nSPS) is 11.5. The van der Waals surface area contributed by atoms with Crippen LogP contribution in [0.15, 0.2) is 79.0 Å². The van der Waals surface area contributed by atoms with E-state index in [-0.39, 0.29) is 12.1 Å². The van der Waals surface area contributed by atoms with E-state index in [2.05, 4.69) is 15.6 Å². The van der Waals surface area contributed by atoms with E-state index in [0.29, 0.717) is 28.7 Å². The van der Waals surface area contributed by atoms with Crippen LogP contribution in [-0.2, 0) is 0 Å². The van der Waals surface area contributed by atoms with E-state index in [1.54, 1.807) is 50.7 Å². The molecule has 0 aliphatic heterocycles. The van der Waals surface area contributed by atoms with E-state index < -0.39 is 0 Å². The third-order valence-electron chi connectivity index (χ3n) is 5.46. The molecule has 1 atom stereocenters. The molecule has 0 aliphatic carbocycles. The summed E-state index contributed by atoms with van der Waals surface area (Å²) in [5.74, 6) is 2.47. The number of benzene rings is 3. The van der Waals surface area contributed by atoms with Crippen molar-refractivity contribution in [2.45, 2.75) is 19.4 Å². The van der Waals surface area contributed by atoms with E-state index in [9.17, 15) is 4.79 Å². The Morgan fingerprint density at radius 3 is 2.29 bits per heavy atom. The van der Waals surface area contributed by atoms with Gasteiger partial charge in [0.2, 0.25) is 0 Å². The Hall–Kier alpha value is -4.26. The van der Waals surface area contributed by atoms with Gasteiger partial charge in [0.25, 0.3) is 0 Å². The van der Waals surface area contributed by atoms with Crippen LogP contribution in [-0.4, -0.2) is 25.2 Å². The predicted molar refractivity (Wildman–Crippen MR) is 133 cm³/mol. The van der Waals surface area contributed by atoms with Crippen LogP contribution in [0.1, 0.15) is 24.9 Å². The van der Waals surface area contributed by atoms with Gasteiger partial charge >= 0.3 is 6.03 Å². The third-order valence-corrected chi connectivity index (χ3v) is 5.46.